The number of nitriles is 2. The van der Waals surface area contributed by atoms with Crippen LogP contribution < -0.4 is 5.56 Å². The first kappa shape index (κ1) is 19.3. The van der Waals surface area contributed by atoms with Crippen LogP contribution in [0.2, 0.25) is 0 Å². The third-order valence-corrected chi connectivity index (χ3v) is 4.88. The normalized spacial score (nSPS) is 14.8. The van der Waals surface area contributed by atoms with Gasteiger partial charge in [0.2, 0.25) is 0 Å². The minimum atomic E-state index is -0.0633. The van der Waals surface area contributed by atoms with E-state index in [0.717, 1.165) is 54.5 Å². The number of allylic oxidation sites excluding steroid dienone is 1. The maximum Gasteiger partial charge on any atom is 0.269 e. The van der Waals surface area contributed by atoms with Gasteiger partial charge in [0.25, 0.3) is 5.56 Å². The lowest BCUT2D eigenvalue weighted by molar-refractivity contribution is 0.190. The van der Waals surface area contributed by atoms with Gasteiger partial charge >= 0.3 is 0 Å². The highest BCUT2D eigenvalue weighted by molar-refractivity contribution is 6.00. The number of H-pyrrole nitrogens is 1. The van der Waals surface area contributed by atoms with Gasteiger partial charge in [-0.15, -0.1) is 0 Å². The highest BCUT2D eigenvalue weighted by Crippen LogP contribution is 2.27. The van der Waals surface area contributed by atoms with Crippen LogP contribution in [-0.4, -0.2) is 44.1 Å². The molecule has 142 valence electrons. The Morgan fingerprint density at radius 2 is 2.04 bits per heavy atom. The summed E-state index contributed by atoms with van der Waals surface area (Å²) in [4.78, 5) is 26.6. The average Bonchev–Trinajstić information content (AvgIpc) is 3.22. The molecule has 1 aliphatic rings. The number of nitrogens with one attached hydrogen (secondary N) is 1. The maximum absolute atomic E-state index is 12.6. The first-order valence-corrected chi connectivity index (χ1v) is 9.12. The fourth-order valence-corrected chi connectivity index (χ4v) is 3.60. The highest BCUT2D eigenvalue weighted by atomic mass is 16.1. The lowest BCUT2D eigenvalue weighted by Gasteiger charge is -2.32. The number of hydrogen-bond acceptors (Lipinski definition) is 6. The number of rotatable bonds is 3. The third-order valence-electron chi connectivity index (χ3n) is 4.88. The number of fused-ring (bicyclic) bond motifs is 3. The first-order chi connectivity index (χ1) is 13.7. The molecule has 0 amide bonds. The Labute approximate surface area is 162 Å². The molecule has 8 heteroatoms. The molecule has 4 heterocycles. The van der Waals surface area contributed by atoms with E-state index in [1.54, 1.807) is 12.3 Å². The van der Waals surface area contributed by atoms with Crippen LogP contribution in [0.15, 0.2) is 42.1 Å². The van der Waals surface area contributed by atoms with Crippen molar-refractivity contribution < 1.29 is 0 Å². The molecule has 3 aromatic rings. The molecule has 0 unspecified atom stereocenters. The molecule has 1 N–H and O–H groups in total. The largest absolute Gasteiger partial charge is 0.346 e. The summed E-state index contributed by atoms with van der Waals surface area (Å²) in [5.74, 6) is 0. The lowest BCUT2D eigenvalue weighted by atomic mass is 10.0. The van der Waals surface area contributed by atoms with E-state index in [9.17, 15) is 4.79 Å². The minimum absolute atomic E-state index is 0.0633. The predicted octanol–water partition coefficient (Wildman–Crippen LogP) is 2.52. The number of hydrogen-bond donors (Lipinski definition) is 1. The van der Waals surface area contributed by atoms with E-state index in [4.69, 9.17) is 10.5 Å². The monoisotopic (exact) mass is 375 g/mol. The zero-order chi connectivity index (χ0) is 19.9. The summed E-state index contributed by atoms with van der Waals surface area (Å²) >= 11 is 0. The number of nitrogens with zero attached hydrogens (tertiary/aromatic N) is 6. The van der Waals surface area contributed by atoms with Crippen LogP contribution >= 0.6 is 0 Å². The second-order valence-electron chi connectivity index (χ2n) is 6.51. The predicted molar refractivity (Wildman–Crippen MR) is 106 cm³/mol. The van der Waals surface area contributed by atoms with Crippen molar-refractivity contribution in [1.29, 1.82) is 10.5 Å². The van der Waals surface area contributed by atoms with Crippen LogP contribution in [0.1, 0.15) is 25.3 Å². The number of aromatic nitrogens is 4. The summed E-state index contributed by atoms with van der Waals surface area (Å²) in [6.45, 7) is 5.74. The number of likely N-dealkylation sites (tertiary alicyclic amines) is 1. The van der Waals surface area contributed by atoms with Crippen molar-refractivity contribution in [1.82, 2.24) is 24.4 Å². The third kappa shape index (κ3) is 3.93. The Morgan fingerprint density at radius 3 is 2.71 bits per heavy atom. The molecule has 4 rings (SSSR count). The SMILES string of the molecule is C=CC#N.N#CCCN1CCC(n2c(=O)cnc3cnc4[nH]ccc4c32)CC1. The zero-order valence-corrected chi connectivity index (χ0v) is 15.5. The summed E-state index contributed by atoms with van der Waals surface area (Å²) in [7, 11) is 0. The van der Waals surface area contributed by atoms with Gasteiger partial charge in [0.05, 0.1) is 30.0 Å². The van der Waals surface area contributed by atoms with Crippen molar-refractivity contribution in [2.24, 2.45) is 0 Å². The molecule has 0 spiro atoms. The Morgan fingerprint density at radius 1 is 1.29 bits per heavy atom. The molecule has 0 aromatic carbocycles. The van der Waals surface area contributed by atoms with E-state index in [0.29, 0.717) is 6.42 Å². The molecule has 1 aliphatic heterocycles. The molecule has 0 bridgehead atoms. The van der Waals surface area contributed by atoms with Gasteiger partial charge < -0.3 is 14.5 Å². The molecular weight excluding hydrogens is 354 g/mol. The van der Waals surface area contributed by atoms with Gasteiger partial charge in [-0.2, -0.15) is 10.5 Å². The highest BCUT2D eigenvalue weighted by Gasteiger charge is 2.23. The summed E-state index contributed by atoms with van der Waals surface area (Å²) in [6, 6.07) is 5.99. The van der Waals surface area contributed by atoms with Gasteiger partial charge in [0.1, 0.15) is 11.2 Å². The van der Waals surface area contributed by atoms with E-state index in [1.165, 1.54) is 12.3 Å². The molecule has 0 saturated carbocycles. The van der Waals surface area contributed by atoms with Crippen molar-refractivity contribution in [3.63, 3.8) is 0 Å². The number of aromatic amines is 1. The van der Waals surface area contributed by atoms with Crippen molar-refractivity contribution in [2.45, 2.75) is 25.3 Å². The maximum atomic E-state index is 12.6. The van der Waals surface area contributed by atoms with Crippen molar-refractivity contribution in [2.75, 3.05) is 19.6 Å². The molecule has 28 heavy (non-hydrogen) atoms. The van der Waals surface area contributed by atoms with E-state index in [1.807, 2.05) is 16.8 Å². The first-order valence-electron chi connectivity index (χ1n) is 9.12. The Balaban J connectivity index is 0.000000516. The van der Waals surface area contributed by atoms with Crippen molar-refractivity contribution in [3.05, 3.63) is 47.7 Å². The Hall–Kier alpha value is -3.49. The van der Waals surface area contributed by atoms with E-state index < -0.39 is 0 Å². The van der Waals surface area contributed by atoms with Crippen LogP contribution in [-0.2, 0) is 0 Å². The van der Waals surface area contributed by atoms with Gasteiger partial charge in [-0.05, 0) is 18.9 Å². The fraction of sp³-hybridized carbons (Fsp3) is 0.350. The lowest BCUT2D eigenvalue weighted by Crippen LogP contribution is -2.38. The second kappa shape index (κ2) is 8.94. The van der Waals surface area contributed by atoms with Crippen LogP contribution in [0, 0.1) is 22.7 Å². The van der Waals surface area contributed by atoms with Gasteiger partial charge in [-0.25, -0.2) is 9.97 Å². The quantitative estimate of drug-likeness (QED) is 0.704. The molecule has 1 saturated heterocycles. The average molecular weight is 375 g/mol. The van der Waals surface area contributed by atoms with E-state index in [-0.39, 0.29) is 11.6 Å². The Bertz CT molecular complexity index is 1110. The summed E-state index contributed by atoms with van der Waals surface area (Å²) in [5.41, 5.74) is 2.32. The number of pyridine rings is 1. The minimum Gasteiger partial charge on any atom is -0.346 e. The van der Waals surface area contributed by atoms with E-state index >= 15 is 0 Å². The van der Waals surface area contributed by atoms with E-state index in [2.05, 4.69) is 32.5 Å². The van der Waals surface area contributed by atoms with Crippen molar-refractivity contribution in [3.8, 4) is 12.1 Å². The van der Waals surface area contributed by atoms with Crippen LogP contribution in [0.3, 0.4) is 0 Å². The second-order valence-corrected chi connectivity index (χ2v) is 6.51. The van der Waals surface area contributed by atoms with Gasteiger partial charge in [0, 0.05) is 49.8 Å². The van der Waals surface area contributed by atoms with Crippen molar-refractivity contribution >= 4 is 22.1 Å². The molecule has 0 radical (unpaired) electrons. The summed E-state index contributed by atoms with van der Waals surface area (Å²) in [6.07, 6.45) is 8.48. The van der Waals surface area contributed by atoms with Gasteiger partial charge in [-0.3, -0.25) is 4.79 Å². The van der Waals surface area contributed by atoms with Crippen LogP contribution in [0.5, 0.6) is 0 Å². The summed E-state index contributed by atoms with van der Waals surface area (Å²) < 4.78 is 1.89. The molecule has 0 atom stereocenters. The number of piperidine rings is 1. The van der Waals surface area contributed by atoms with Crippen LogP contribution in [0.25, 0.3) is 22.1 Å². The summed E-state index contributed by atoms with van der Waals surface area (Å²) in [5, 5.41) is 17.2. The molecule has 1 fully saturated rings. The smallest absolute Gasteiger partial charge is 0.269 e. The topological polar surface area (TPSA) is 114 Å². The standard InChI is InChI=1S/C17H18N6O.C3H3N/c18-5-1-7-22-8-3-12(4-9-22)23-15(24)11-20-14-10-21-17-13(16(14)23)2-6-19-17;1-2-3-4/h2,6,10-12H,1,3-4,7-9H2,(H,19,21);2H,1H2. The molecule has 0 aliphatic carbocycles. The van der Waals surface area contributed by atoms with Gasteiger partial charge in [0.15, 0.2) is 0 Å². The zero-order valence-electron chi connectivity index (χ0n) is 15.5. The molecule has 8 nitrogen and oxygen atoms in total. The van der Waals surface area contributed by atoms with Gasteiger partial charge in [-0.1, -0.05) is 6.58 Å². The van der Waals surface area contributed by atoms with Crippen LogP contribution in [0.4, 0.5) is 0 Å². The fourth-order valence-electron chi connectivity index (χ4n) is 3.60. The molecule has 3 aromatic heterocycles. The molecular formula is C20H21N7O. The Kier molecular flexibility index (Phi) is 6.15.